The van der Waals surface area contributed by atoms with Gasteiger partial charge < -0.3 is 5.32 Å². The Balaban J connectivity index is 2.08. The highest BCUT2D eigenvalue weighted by molar-refractivity contribution is 7.59. The molecule has 8 heteroatoms. The zero-order valence-corrected chi connectivity index (χ0v) is 16.5. The molecule has 3 rings (SSSR count). The molecule has 0 aromatic heterocycles. The van der Waals surface area contributed by atoms with E-state index in [0.717, 1.165) is 11.1 Å². The van der Waals surface area contributed by atoms with Crippen LogP contribution in [0.5, 0.6) is 0 Å². The van der Waals surface area contributed by atoms with E-state index in [4.69, 9.17) is 23.2 Å². The molecular formula is C18H19Cl2N4OP. The molecular weight excluding hydrogens is 390 g/mol. The van der Waals surface area contributed by atoms with Gasteiger partial charge in [0.1, 0.15) is 11.7 Å². The predicted molar refractivity (Wildman–Crippen MR) is 110 cm³/mol. The summed E-state index contributed by atoms with van der Waals surface area (Å²) in [6.45, 7) is 0.783. The van der Waals surface area contributed by atoms with Crippen LogP contribution in [-0.4, -0.2) is 41.2 Å². The van der Waals surface area contributed by atoms with Gasteiger partial charge in [-0.25, -0.2) is 4.67 Å². The van der Waals surface area contributed by atoms with Gasteiger partial charge in [-0.15, -0.1) is 23.2 Å². The third-order valence-electron chi connectivity index (χ3n) is 3.85. The summed E-state index contributed by atoms with van der Waals surface area (Å²) < 4.78 is 24.3. The summed E-state index contributed by atoms with van der Waals surface area (Å²) >= 11 is 11.8. The number of nitrogens with zero attached hydrogens (tertiary/aromatic N) is 3. The standard InChI is InChI=1S/C18H19Cl2N4OP/c19-11-13-24(14-12-20)26(25)22-17(15-7-3-1-4-8-15)21-18(23-26)16-9-5-2-6-10-16/h1-10H,11-14H2,(H,21,22,23,25). The summed E-state index contributed by atoms with van der Waals surface area (Å²) in [6.07, 6.45) is 0. The first-order valence-electron chi connectivity index (χ1n) is 8.22. The zero-order valence-electron chi connectivity index (χ0n) is 14.1. The van der Waals surface area contributed by atoms with Gasteiger partial charge in [0.25, 0.3) is 0 Å². The number of benzene rings is 2. The van der Waals surface area contributed by atoms with Gasteiger partial charge in [-0.05, 0) is 0 Å². The molecule has 1 aliphatic rings. The Labute approximate surface area is 163 Å². The van der Waals surface area contributed by atoms with Crippen LogP contribution < -0.4 is 5.32 Å². The average molecular weight is 409 g/mol. The van der Waals surface area contributed by atoms with E-state index in [0.29, 0.717) is 36.5 Å². The first-order valence-corrected chi connectivity index (χ1v) is 10.9. The van der Waals surface area contributed by atoms with E-state index in [1.54, 1.807) is 4.67 Å². The molecule has 0 spiro atoms. The molecule has 0 bridgehead atoms. The van der Waals surface area contributed by atoms with Crippen LogP contribution in [0.2, 0.25) is 0 Å². The van der Waals surface area contributed by atoms with Crippen molar-refractivity contribution < 1.29 is 4.57 Å². The first kappa shape index (κ1) is 19.1. The second-order valence-corrected chi connectivity index (χ2v) is 8.35. The van der Waals surface area contributed by atoms with Gasteiger partial charge >= 0.3 is 7.59 Å². The Kier molecular flexibility index (Phi) is 6.49. The Morgan fingerprint density at radius 2 is 1.23 bits per heavy atom. The fourth-order valence-corrected chi connectivity index (χ4v) is 5.11. The molecule has 0 saturated carbocycles. The molecule has 1 aliphatic heterocycles. The van der Waals surface area contributed by atoms with Crippen molar-refractivity contribution in [2.24, 2.45) is 9.53 Å². The fourth-order valence-electron chi connectivity index (χ4n) is 2.59. The number of nitrogens with one attached hydrogen (secondary N) is 1. The number of rotatable bonds is 7. The maximum atomic E-state index is 13.7. The van der Waals surface area contributed by atoms with Gasteiger partial charge in [0.05, 0.1) is 0 Å². The highest BCUT2D eigenvalue weighted by atomic mass is 35.5. The number of alkyl halides is 2. The first-order chi connectivity index (χ1) is 12.7. The number of amidine groups is 2. The normalized spacial score (nSPS) is 16.0. The van der Waals surface area contributed by atoms with Gasteiger partial charge in [0, 0.05) is 36.0 Å². The number of hydrogen-bond acceptors (Lipinski definition) is 2. The van der Waals surface area contributed by atoms with E-state index in [-0.39, 0.29) is 0 Å². The minimum absolute atomic E-state index is 0.320. The van der Waals surface area contributed by atoms with Gasteiger partial charge in [0.2, 0.25) is 0 Å². The van der Waals surface area contributed by atoms with Crippen molar-refractivity contribution >= 4 is 42.5 Å². The Bertz CT molecular complexity index is 777. The van der Waals surface area contributed by atoms with E-state index >= 15 is 0 Å². The fraction of sp³-hybridized carbons (Fsp3) is 0.222. The van der Waals surface area contributed by atoms with Gasteiger partial charge in [-0.3, -0.25) is 4.57 Å². The minimum Gasteiger partial charge on any atom is -0.324 e. The lowest BCUT2D eigenvalue weighted by molar-refractivity contribution is 0.447. The van der Waals surface area contributed by atoms with Crippen LogP contribution in [0.15, 0.2) is 70.2 Å². The van der Waals surface area contributed by atoms with E-state index in [1.165, 1.54) is 0 Å². The Morgan fingerprint density at radius 1 is 0.808 bits per heavy atom. The Morgan fingerprint density at radius 3 is 1.62 bits per heavy atom. The number of halogens is 2. The lowest BCUT2D eigenvalue weighted by Gasteiger charge is -2.29. The van der Waals surface area contributed by atoms with Crippen molar-refractivity contribution in [3.05, 3.63) is 71.8 Å². The molecule has 0 saturated heterocycles. The molecule has 5 nitrogen and oxygen atoms in total. The van der Waals surface area contributed by atoms with E-state index in [9.17, 15) is 4.57 Å². The molecule has 2 aromatic rings. The molecule has 1 heterocycles. The highest BCUT2D eigenvalue weighted by Gasteiger charge is 2.34. The van der Waals surface area contributed by atoms with Crippen LogP contribution in [0.1, 0.15) is 11.1 Å². The van der Waals surface area contributed by atoms with Crippen molar-refractivity contribution in [2.75, 3.05) is 24.8 Å². The summed E-state index contributed by atoms with van der Waals surface area (Å²) in [6, 6.07) is 19.1. The average Bonchev–Trinajstić information content (AvgIpc) is 2.69. The van der Waals surface area contributed by atoms with Gasteiger partial charge in [-0.1, -0.05) is 60.7 Å². The van der Waals surface area contributed by atoms with Crippen molar-refractivity contribution in [2.45, 2.75) is 0 Å². The van der Waals surface area contributed by atoms with E-state index in [2.05, 4.69) is 14.8 Å². The predicted octanol–water partition coefficient (Wildman–Crippen LogP) is 4.37. The van der Waals surface area contributed by atoms with Gasteiger partial charge in [-0.2, -0.15) is 9.53 Å². The van der Waals surface area contributed by atoms with Crippen molar-refractivity contribution in [3.63, 3.8) is 0 Å². The zero-order chi connectivity index (χ0) is 18.4. The monoisotopic (exact) mass is 408 g/mol. The van der Waals surface area contributed by atoms with Crippen LogP contribution in [-0.2, 0) is 4.57 Å². The van der Waals surface area contributed by atoms with Crippen LogP contribution in [0, 0.1) is 0 Å². The summed E-state index contributed by atoms with van der Waals surface area (Å²) in [5.74, 6) is 1.69. The quantitative estimate of drug-likeness (QED) is 0.546. The van der Waals surface area contributed by atoms with Gasteiger partial charge in [0.15, 0.2) is 0 Å². The van der Waals surface area contributed by atoms with E-state index in [1.807, 2.05) is 60.7 Å². The maximum absolute atomic E-state index is 13.7. The van der Waals surface area contributed by atoms with E-state index < -0.39 is 7.59 Å². The molecule has 0 unspecified atom stereocenters. The molecule has 136 valence electrons. The molecule has 1 N–H and O–H groups in total. The lowest BCUT2D eigenvalue weighted by Crippen LogP contribution is -2.36. The van der Waals surface area contributed by atoms with Crippen LogP contribution in [0.25, 0.3) is 0 Å². The van der Waals surface area contributed by atoms with Crippen LogP contribution in [0.4, 0.5) is 0 Å². The number of hydrogen-bond donors (Lipinski definition) is 1. The summed E-state index contributed by atoms with van der Waals surface area (Å²) in [5, 5.41) is 3.22. The van der Waals surface area contributed by atoms with Crippen molar-refractivity contribution in [3.8, 4) is 0 Å². The molecule has 0 amide bonds. The SMILES string of the molecule is O=P1(N(CCCl)CCCl)N=C(c2ccccc2)NC(c2ccccc2)=N1. The second-order valence-electron chi connectivity index (χ2n) is 5.60. The molecule has 0 fully saturated rings. The Hall–Kier alpha value is -1.65. The minimum atomic E-state index is -3.42. The molecule has 0 aliphatic carbocycles. The smallest absolute Gasteiger partial charge is 0.324 e. The van der Waals surface area contributed by atoms with Crippen LogP contribution >= 0.6 is 30.8 Å². The lowest BCUT2D eigenvalue weighted by atomic mass is 10.1. The summed E-state index contributed by atoms with van der Waals surface area (Å²) in [5.41, 5.74) is 1.68. The molecule has 26 heavy (non-hydrogen) atoms. The molecule has 2 aromatic carbocycles. The third-order valence-corrected chi connectivity index (χ3v) is 6.24. The summed E-state index contributed by atoms with van der Waals surface area (Å²) in [7, 11) is -3.42. The largest absolute Gasteiger partial charge is 0.376 e. The highest BCUT2D eigenvalue weighted by Crippen LogP contribution is 2.54. The van der Waals surface area contributed by atoms with Crippen molar-refractivity contribution in [1.82, 2.24) is 9.99 Å². The van der Waals surface area contributed by atoms with Crippen LogP contribution in [0.3, 0.4) is 0 Å². The maximum Gasteiger partial charge on any atom is 0.376 e. The molecule has 0 atom stereocenters. The molecule has 0 radical (unpaired) electrons. The third kappa shape index (κ3) is 4.36. The van der Waals surface area contributed by atoms with Crippen molar-refractivity contribution in [1.29, 1.82) is 0 Å². The summed E-state index contributed by atoms with van der Waals surface area (Å²) in [4.78, 5) is 0. The topological polar surface area (TPSA) is 57.1 Å². The second kappa shape index (κ2) is 8.83.